The number of halogens is 1. The molecule has 0 aliphatic carbocycles. The zero-order valence-electron chi connectivity index (χ0n) is 17.9. The SMILES string of the molecule is Cc1nn(C)c(C)c1S(=O)(=O)N1CCC[C@@H](c2nnc(C(=O)Nc3cccc(Cl)c3)s2)C1. The molecule has 170 valence electrons. The first kappa shape index (κ1) is 22.8. The molecule has 1 saturated heterocycles. The number of hydrogen-bond acceptors (Lipinski definition) is 7. The van der Waals surface area contributed by atoms with Crippen LogP contribution in [0.3, 0.4) is 0 Å². The summed E-state index contributed by atoms with van der Waals surface area (Å²) in [7, 11) is -1.95. The molecule has 9 nitrogen and oxygen atoms in total. The number of hydrogen-bond donors (Lipinski definition) is 1. The highest BCUT2D eigenvalue weighted by Gasteiger charge is 2.35. The lowest BCUT2D eigenvalue weighted by Crippen LogP contribution is -2.39. The summed E-state index contributed by atoms with van der Waals surface area (Å²) >= 11 is 7.14. The number of nitrogens with one attached hydrogen (secondary N) is 1. The van der Waals surface area contributed by atoms with Gasteiger partial charge >= 0.3 is 0 Å². The van der Waals surface area contributed by atoms with Crippen LogP contribution in [0.15, 0.2) is 29.2 Å². The van der Waals surface area contributed by atoms with Gasteiger partial charge in [-0.1, -0.05) is 29.0 Å². The number of carbonyl (C=O) groups is 1. The molecule has 12 heteroatoms. The third kappa shape index (κ3) is 4.42. The Morgan fingerprint density at radius 3 is 2.75 bits per heavy atom. The highest BCUT2D eigenvalue weighted by atomic mass is 35.5. The van der Waals surface area contributed by atoms with Gasteiger partial charge in [-0.2, -0.15) is 9.40 Å². The fraction of sp³-hybridized carbons (Fsp3) is 0.400. The summed E-state index contributed by atoms with van der Waals surface area (Å²) in [6.45, 7) is 4.19. The number of amides is 1. The molecular weight excluding hydrogens is 472 g/mol. The maximum Gasteiger partial charge on any atom is 0.286 e. The van der Waals surface area contributed by atoms with Crippen LogP contribution < -0.4 is 5.32 Å². The second kappa shape index (κ2) is 8.89. The predicted molar refractivity (Wildman–Crippen MR) is 123 cm³/mol. The van der Waals surface area contributed by atoms with Crippen molar-refractivity contribution < 1.29 is 13.2 Å². The molecule has 3 aromatic rings. The highest BCUT2D eigenvalue weighted by molar-refractivity contribution is 7.89. The Kier molecular flexibility index (Phi) is 6.35. The van der Waals surface area contributed by atoms with Crippen LogP contribution in [0.2, 0.25) is 5.02 Å². The minimum Gasteiger partial charge on any atom is -0.320 e. The van der Waals surface area contributed by atoms with E-state index in [2.05, 4.69) is 20.6 Å². The normalized spacial score (nSPS) is 17.4. The van der Waals surface area contributed by atoms with Crippen LogP contribution >= 0.6 is 22.9 Å². The van der Waals surface area contributed by atoms with Crippen molar-refractivity contribution in [3.63, 3.8) is 0 Å². The van der Waals surface area contributed by atoms with Gasteiger partial charge in [0.25, 0.3) is 5.91 Å². The summed E-state index contributed by atoms with van der Waals surface area (Å²) in [6.07, 6.45) is 1.48. The number of aryl methyl sites for hydroxylation is 2. The number of carbonyl (C=O) groups excluding carboxylic acids is 1. The summed E-state index contributed by atoms with van der Waals surface area (Å²) < 4.78 is 29.7. The van der Waals surface area contributed by atoms with E-state index in [0.29, 0.717) is 46.6 Å². The van der Waals surface area contributed by atoms with Gasteiger partial charge in [-0.15, -0.1) is 10.2 Å². The Bertz CT molecular complexity index is 1270. The molecule has 3 heterocycles. The fourth-order valence-electron chi connectivity index (χ4n) is 3.86. The minimum atomic E-state index is -3.68. The average Bonchev–Trinajstić information content (AvgIpc) is 3.33. The molecule has 0 bridgehead atoms. The van der Waals surface area contributed by atoms with E-state index in [1.165, 1.54) is 15.6 Å². The molecule has 0 radical (unpaired) electrons. The van der Waals surface area contributed by atoms with Gasteiger partial charge in [0.2, 0.25) is 15.0 Å². The Morgan fingerprint density at radius 2 is 2.06 bits per heavy atom. The van der Waals surface area contributed by atoms with E-state index in [4.69, 9.17) is 11.6 Å². The third-order valence-electron chi connectivity index (χ3n) is 5.49. The summed E-state index contributed by atoms with van der Waals surface area (Å²) in [4.78, 5) is 12.8. The zero-order chi connectivity index (χ0) is 23.0. The molecule has 1 aliphatic heterocycles. The van der Waals surface area contributed by atoms with Crippen molar-refractivity contribution in [2.75, 3.05) is 18.4 Å². The minimum absolute atomic E-state index is 0.124. The summed E-state index contributed by atoms with van der Waals surface area (Å²) in [5, 5.41) is 16.6. The second-order valence-corrected chi connectivity index (χ2v) is 11.1. The lowest BCUT2D eigenvalue weighted by atomic mass is 10.0. The average molecular weight is 495 g/mol. The summed E-state index contributed by atoms with van der Waals surface area (Å²) in [5.74, 6) is -0.501. The van der Waals surface area contributed by atoms with Crippen LogP contribution in [0.4, 0.5) is 5.69 Å². The van der Waals surface area contributed by atoms with E-state index in [0.717, 1.165) is 6.42 Å². The van der Waals surface area contributed by atoms with Crippen molar-refractivity contribution in [2.24, 2.45) is 7.05 Å². The second-order valence-electron chi connectivity index (χ2n) is 7.74. The van der Waals surface area contributed by atoms with Crippen LogP contribution in [-0.4, -0.2) is 51.7 Å². The quantitative estimate of drug-likeness (QED) is 0.582. The van der Waals surface area contributed by atoms with Gasteiger partial charge in [-0.3, -0.25) is 9.48 Å². The van der Waals surface area contributed by atoms with Crippen LogP contribution in [0.1, 0.15) is 45.0 Å². The molecule has 1 aliphatic rings. The van der Waals surface area contributed by atoms with Gasteiger partial charge in [0, 0.05) is 36.8 Å². The van der Waals surface area contributed by atoms with Crippen molar-refractivity contribution in [1.29, 1.82) is 0 Å². The molecule has 4 rings (SSSR count). The number of benzene rings is 1. The molecular formula is C20H23ClN6O3S2. The van der Waals surface area contributed by atoms with Crippen LogP contribution in [-0.2, 0) is 17.1 Å². The molecule has 2 aromatic heterocycles. The Labute approximate surface area is 195 Å². The smallest absolute Gasteiger partial charge is 0.286 e. The molecule has 0 saturated carbocycles. The van der Waals surface area contributed by atoms with E-state index >= 15 is 0 Å². The molecule has 1 atom stereocenters. The molecule has 0 unspecified atom stereocenters. The van der Waals surface area contributed by atoms with Crippen LogP contribution in [0, 0.1) is 13.8 Å². The fourth-order valence-corrected chi connectivity index (χ4v) is 6.84. The van der Waals surface area contributed by atoms with Gasteiger partial charge in [0.1, 0.15) is 9.90 Å². The number of nitrogens with zero attached hydrogens (tertiary/aromatic N) is 5. The van der Waals surface area contributed by atoms with E-state index < -0.39 is 10.0 Å². The number of rotatable bonds is 5. The van der Waals surface area contributed by atoms with Crippen LogP contribution in [0.25, 0.3) is 0 Å². The van der Waals surface area contributed by atoms with E-state index in [9.17, 15) is 13.2 Å². The number of anilines is 1. The topological polar surface area (TPSA) is 110 Å². The molecule has 1 amide bonds. The van der Waals surface area contributed by atoms with Gasteiger partial charge < -0.3 is 5.32 Å². The van der Waals surface area contributed by atoms with E-state index in [1.54, 1.807) is 49.8 Å². The van der Waals surface area contributed by atoms with Crippen molar-refractivity contribution in [3.05, 3.63) is 50.7 Å². The van der Waals surface area contributed by atoms with Crippen LogP contribution in [0.5, 0.6) is 0 Å². The monoisotopic (exact) mass is 494 g/mol. The highest BCUT2D eigenvalue weighted by Crippen LogP contribution is 2.33. The first-order valence-corrected chi connectivity index (χ1v) is 12.7. The maximum atomic E-state index is 13.3. The van der Waals surface area contributed by atoms with Gasteiger partial charge in [-0.25, -0.2) is 8.42 Å². The maximum absolute atomic E-state index is 13.3. The first-order valence-electron chi connectivity index (χ1n) is 10.1. The Hall–Kier alpha value is -2.34. The summed E-state index contributed by atoms with van der Waals surface area (Å²) in [6, 6.07) is 6.84. The number of aromatic nitrogens is 4. The van der Waals surface area contributed by atoms with Gasteiger partial charge in [-0.05, 0) is 44.9 Å². The molecule has 1 N–H and O–H groups in total. The van der Waals surface area contributed by atoms with Gasteiger partial charge in [0.15, 0.2) is 0 Å². The first-order chi connectivity index (χ1) is 15.2. The van der Waals surface area contributed by atoms with Crippen molar-refractivity contribution >= 4 is 44.6 Å². The summed E-state index contributed by atoms with van der Waals surface area (Å²) in [5.41, 5.74) is 1.67. The van der Waals surface area contributed by atoms with Gasteiger partial charge in [0.05, 0.1) is 11.4 Å². The van der Waals surface area contributed by atoms with E-state index in [-0.39, 0.29) is 21.7 Å². The zero-order valence-corrected chi connectivity index (χ0v) is 20.3. The van der Waals surface area contributed by atoms with E-state index in [1.807, 2.05) is 0 Å². The van der Waals surface area contributed by atoms with Crippen molar-refractivity contribution in [3.8, 4) is 0 Å². The molecule has 1 fully saturated rings. The standard InChI is InChI=1S/C20H23ClN6O3S2/c1-12-17(13(2)26(3)25-12)32(29,30)27-9-5-6-14(11-27)19-23-24-20(31-19)18(28)22-16-8-4-7-15(21)10-16/h4,7-8,10,14H,5-6,9,11H2,1-3H3,(H,22,28)/t14-/m1/s1. The molecule has 1 aromatic carbocycles. The molecule has 0 spiro atoms. The van der Waals surface area contributed by atoms with Crippen molar-refractivity contribution in [2.45, 2.75) is 37.5 Å². The lowest BCUT2D eigenvalue weighted by molar-refractivity contribution is 0.102. The van der Waals surface area contributed by atoms with Crippen molar-refractivity contribution in [1.82, 2.24) is 24.3 Å². The number of sulfonamides is 1. The molecule has 32 heavy (non-hydrogen) atoms. The third-order valence-corrected chi connectivity index (χ3v) is 8.93. The Balaban J connectivity index is 1.50. The lowest BCUT2D eigenvalue weighted by Gasteiger charge is -2.30. The largest absolute Gasteiger partial charge is 0.320 e. The predicted octanol–water partition coefficient (Wildman–Crippen LogP) is 3.36. The number of piperidine rings is 1. The Morgan fingerprint density at radius 1 is 1.28 bits per heavy atom.